The zero-order valence-corrected chi connectivity index (χ0v) is 22.9. The molecular formula is C33H31N3O5. The minimum Gasteiger partial charge on any atom is -0.497 e. The lowest BCUT2D eigenvalue weighted by molar-refractivity contribution is -0.132. The molecule has 208 valence electrons. The Bertz CT molecular complexity index is 1580. The van der Waals surface area contributed by atoms with Gasteiger partial charge in [0.1, 0.15) is 24.4 Å². The summed E-state index contributed by atoms with van der Waals surface area (Å²) in [7, 11) is 1.62. The topological polar surface area (TPSA) is 96.0 Å². The van der Waals surface area contributed by atoms with Crippen molar-refractivity contribution in [3.63, 3.8) is 0 Å². The highest BCUT2D eigenvalue weighted by Crippen LogP contribution is 2.24. The molecule has 1 fully saturated rings. The van der Waals surface area contributed by atoms with Gasteiger partial charge >= 0.3 is 0 Å². The number of ether oxygens (including phenoxy) is 2. The van der Waals surface area contributed by atoms with Crippen LogP contribution in [0.1, 0.15) is 22.5 Å². The van der Waals surface area contributed by atoms with E-state index in [9.17, 15) is 14.9 Å². The molecule has 0 radical (unpaired) electrons. The molecule has 0 aliphatic carbocycles. The molecule has 1 aliphatic rings. The molecule has 0 unspecified atom stereocenters. The molecule has 41 heavy (non-hydrogen) atoms. The summed E-state index contributed by atoms with van der Waals surface area (Å²) in [4.78, 5) is 29.5. The summed E-state index contributed by atoms with van der Waals surface area (Å²) in [5.74, 6) is 1.58. The Kier molecular flexibility index (Phi) is 8.77. The predicted molar refractivity (Wildman–Crippen MR) is 154 cm³/mol. The summed E-state index contributed by atoms with van der Waals surface area (Å²) >= 11 is 0. The Morgan fingerprint density at radius 1 is 0.951 bits per heavy atom. The van der Waals surface area contributed by atoms with Crippen LogP contribution in [0.3, 0.4) is 0 Å². The van der Waals surface area contributed by atoms with Crippen LogP contribution in [0.25, 0.3) is 11.1 Å². The zero-order chi connectivity index (χ0) is 28.6. The van der Waals surface area contributed by atoms with E-state index in [1.807, 2.05) is 71.6 Å². The summed E-state index contributed by atoms with van der Waals surface area (Å²) in [5, 5.41) is 9.34. The molecular weight excluding hydrogens is 518 g/mol. The number of rotatable bonds is 9. The van der Waals surface area contributed by atoms with Crippen LogP contribution in [0.5, 0.6) is 11.5 Å². The van der Waals surface area contributed by atoms with E-state index in [0.717, 1.165) is 28.0 Å². The smallest absolute Gasteiger partial charge is 0.227 e. The number of benzene rings is 3. The molecule has 8 nitrogen and oxygen atoms in total. The normalized spacial score (nSPS) is 13.4. The van der Waals surface area contributed by atoms with Crippen LogP contribution in [0.4, 0.5) is 0 Å². The third-order valence-electron chi connectivity index (χ3n) is 7.18. The number of carbonyl (C=O) groups excluding carboxylic acids is 1. The van der Waals surface area contributed by atoms with E-state index in [1.54, 1.807) is 13.2 Å². The fourth-order valence-corrected chi connectivity index (χ4v) is 4.81. The highest BCUT2D eigenvalue weighted by Gasteiger charge is 2.22. The second-order valence-corrected chi connectivity index (χ2v) is 9.90. The van der Waals surface area contributed by atoms with Gasteiger partial charge in [-0.05, 0) is 40.5 Å². The largest absolute Gasteiger partial charge is 0.497 e. The van der Waals surface area contributed by atoms with Crippen LogP contribution in [0.15, 0.2) is 94.3 Å². The van der Waals surface area contributed by atoms with E-state index in [2.05, 4.69) is 11.0 Å². The van der Waals surface area contributed by atoms with Gasteiger partial charge in [0.05, 0.1) is 31.7 Å². The van der Waals surface area contributed by atoms with Crippen molar-refractivity contribution in [2.75, 3.05) is 33.3 Å². The number of nitriles is 1. The lowest BCUT2D eigenvalue weighted by Gasteiger charge is -2.34. The van der Waals surface area contributed by atoms with Gasteiger partial charge in [0.2, 0.25) is 17.1 Å². The third kappa shape index (κ3) is 7.02. The van der Waals surface area contributed by atoms with Crippen molar-refractivity contribution in [1.82, 2.24) is 9.80 Å². The van der Waals surface area contributed by atoms with E-state index in [1.165, 1.54) is 12.3 Å². The van der Waals surface area contributed by atoms with Crippen molar-refractivity contribution >= 4 is 5.91 Å². The first-order chi connectivity index (χ1) is 20.0. The maximum absolute atomic E-state index is 12.7. The Hall–Kier alpha value is -4.87. The van der Waals surface area contributed by atoms with E-state index >= 15 is 0 Å². The van der Waals surface area contributed by atoms with Crippen LogP contribution >= 0.6 is 0 Å². The lowest BCUT2D eigenvalue weighted by atomic mass is 9.99. The highest BCUT2D eigenvalue weighted by molar-refractivity contribution is 5.79. The Morgan fingerprint density at radius 2 is 1.66 bits per heavy atom. The molecule has 0 atom stereocenters. The van der Waals surface area contributed by atoms with Crippen molar-refractivity contribution in [3.8, 4) is 28.7 Å². The number of hydrogen-bond donors (Lipinski definition) is 0. The maximum atomic E-state index is 12.7. The van der Waals surface area contributed by atoms with Crippen molar-refractivity contribution < 1.29 is 18.7 Å². The molecule has 0 N–H and O–H groups in total. The number of methoxy groups -OCH3 is 1. The van der Waals surface area contributed by atoms with Gasteiger partial charge in [0.25, 0.3) is 0 Å². The number of hydrogen-bond acceptors (Lipinski definition) is 7. The van der Waals surface area contributed by atoms with E-state index in [-0.39, 0.29) is 23.7 Å². The second kappa shape index (κ2) is 13.0. The molecule has 2 heterocycles. The van der Waals surface area contributed by atoms with Gasteiger partial charge in [0.15, 0.2) is 0 Å². The molecule has 1 aliphatic heterocycles. The number of piperazine rings is 1. The van der Waals surface area contributed by atoms with Crippen LogP contribution in [0.2, 0.25) is 0 Å². The van der Waals surface area contributed by atoms with Crippen LogP contribution < -0.4 is 14.9 Å². The fraction of sp³-hybridized carbons (Fsp3) is 0.242. The van der Waals surface area contributed by atoms with Crippen LogP contribution in [-0.2, 0) is 24.4 Å². The van der Waals surface area contributed by atoms with E-state index < -0.39 is 0 Å². The Morgan fingerprint density at radius 3 is 2.34 bits per heavy atom. The van der Waals surface area contributed by atoms with Gasteiger partial charge in [0, 0.05) is 32.2 Å². The van der Waals surface area contributed by atoms with Gasteiger partial charge in [-0.25, -0.2) is 0 Å². The first-order valence-corrected chi connectivity index (χ1v) is 13.5. The highest BCUT2D eigenvalue weighted by atomic mass is 16.5. The molecule has 1 aromatic heterocycles. The summed E-state index contributed by atoms with van der Waals surface area (Å²) in [6.07, 6.45) is 1.73. The summed E-state index contributed by atoms with van der Waals surface area (Å²) in [5.41, 5.74) is 4.05. The standard InChI is InChI=1S/C33H31N3O5/c1-39-28-12-8-24(9-13-28)18-33(38)36-16-14-35(15-17-36)21-29-19-31(37)32(23-40-29)41-22-25-6-10-26(11-7-25)30-5-3-2-4-27(30)20-34/h2-13,19,23H,14-18,21-22H2,1H3. The van der Waals surface area contributed by atoms with Gasteiger partial charge in [-0.3, -0.25) is 14.5 Å². The number of carbonyl (C=O) groups is 1. The van der Waals surface area contributed by atoms with Gasteiger partial charge in [-0.2, -0.15) is 5.26 Å². The third-order valence-corrected chi connectivity index (χ3v) is 7.18. The predicted octanol–water partition coefficient (Wildman–Crippen LogP) is 4.65. The molecule has 4 aromatic rings. The Labute approximate surface area is 239 Å². The number of nitrogens with zero attached hydrogens (tertiary/aromatic N) is 3. The molecule has 0 bridgehead atoms. The van der Waals surface area contributed by atoms with Crippen LogP contribution in [0, 0.1) is 11.3 Å². The minimum absolute atomic E-state index is 0.101. The monoisotopic (exact) mass is 549 g/mol. The molecule has 3 aromatic carbocycles. The second-order valence-electron chi connectivity index (χ2n) is 9.90. The minimum atomic E-state index is -0.237. The van der Waals surface area contributed by atoms with Gasteiger partial charge in [-0.1, -0.05) is 54.6 Å². The van der Waals surface area contributed by atoms with Crippen molar-refractivity contribution in [3.05, 3.63) is 118 Å². The first-order valence-electron chi connectivity index (χ1n) is 13.5. The van der Waals surface area contributed by atoms with Crippen LogP contribution in [-0.4, -0.2) is 49.0 Å². The summed E-state index contributed by atoms with van der Waals surface area (Å²) in [6.45, 7) is 3.36. The van der Waals surface area contributed by atoms with Crippen molar-refractivity contribution in [2.24, 2.45) is 0 Å². The molecule has 1 amide bonds. The average Bonchev–Trinajstić information content (AvgIpc) is 3.01. The number of amides is 1. The van der Waals surface area contributed by atoms with Crippen molar-refractivity contribution in [1.29, 1.82) is 5.26 Å². The summed E-state index contributed by atoms with van der Waals surface area (Å²) < 4.78 is 16.6. The van der Waals surface area contributed by atoms with Gasteiger partial charge in [-0.15, -0.1) is 0 Å². The molecule has 5 rings (SSSR count). The Balaban J connectivity index is 1.10. The van der Waals surface area contributed by atoms with Crippen molar-refractivity contribution in [2.45, 2.75) is 19.6 Å². The van der Waals surface area contributed by atoms with Gasteiger partial charge < -0.3 is 18.8 Å². The molecule has 0 spiro atoms. The molecule has 0 saturated carbocycles. The quantitative estimate of drug-likeness (QED) is 0.300. The summed E-state index contributed by atoms with van der Waals surface area (Å²) in [6, 6.07) is 26.4. The fourth-order valence-electron chi connectivity index (χ4n) is 4.81. The molecule has 1 saturated heterocycles. The SMILES string of the molecule is COc1ccc(CC(=O)N2CCN(Cc3cc(=O)c(OCc4ccc(-c5ccccc5C#N)cc4)co3)CC2)cc1. The lowest BCUT2D eigenvalue weighted by Crippen LogP contribution is -2.48. The maximum Gasteiger partial charge on any atom is 0.227 e. The first kappa shape index (κ1) is 27.7. The zero-order valence-electron chi connectivity index (χ0n) is 22.9. The average molecular weight is 550 g/mol. The molecule has 8 heteroatoms. The van der Waals surface area contributed by atoms with E-state index in [0.29, 0.717) is 50.5 Å². The van der Waals surface area contributed by atoms with E-state index in [4.69, 9.17) is 13.9 Å².